The van der Waals surface area contributed by atoms with Gasteiger partial charge in [0.1, 0.15) is 0 Å². The van der Waals surface area contributed by atoms with E-state index in [-0.39, 0.29) is 0 Å². The average molecular weight is 214 g/mol. The number of hydrogen-bond acceptors (Lipinski definition) is 1. The number of aromatic nitrogens is 1. The van der Waals surface area contributed by atoms with Crippen molar-refractivity contribution in [2.75, 3.05) is 13.6 Å². The van der Waals surface area contributed by atoms with Gasteiger partial charge in [-0.1, -0.05) is 18.2 Å². The Balaban J connectivity index is 2.14. The number of aromatic amines is 1. The Hall–Kier alpha value is -1.28. The van der Waals surface area contributed by atoms with Crippen LogP contribution in [-0.4, -0.2) is 23.5 Å². The number of fused-ring (bicyclic) bond motifs is 1. The molecule has 1 fully saturated rings. The fourth-order valence-corrected chi connectivity index (χ4v) is 2.91. The quantitative estimate of drug-likeness (QED) is 0.772. The molecule has 3 rings (SSSR count). The molecule has 0 radical (unpaired) electrons. The highest BCUT2D eigenvalue weighted by Gasteiger charge is 2.24. The van der Waals surface area contributed by atoms with Crippen LogP contribution in [0.1, 0.15) is 30.0 Å². The van der Waals surface area contributed by atoms with Gasteiger partial charge in [0.2, 0.25) is 0 Å². The van der Waals surface area contributed by atoms with E-state index in [1.807, 2.05) is 0 Å². The zero-order valence-electron chi connectivity index (χ0n) is 9.96. The smallest absolute Gasteiger partial charge is 0.0487 e. The first kappa shape index (κ1) is 9.91. The molecular formula is C14H18N2. The Bertz CT molecular complexity index is 512. The second-order valence-corrected chi connectivity index (χ2v) is 4.88. The Morgan fingerprint density at radius 2 is 2.25 bits per heavy atom. The van der Waals surface area contributed by atoms with Crippen molar-refractivity contribution in [2.45, 2.75) is 25.8 Å². The molecule has 0 bridgehead atoms. The molecule has 2 nitrogen and oxygen atoms in total. The minimum absolute atomic E-state index is 0.607. The van der Waals surface area contributed by atoms with Gasteiger partial charge in [-0.05, 0) is 44.5 Å². The summed E-state index contributed by atoms with van der Waals surface area (Å²) in [4.78, 5) is 5.89. The van der Waals surface area contributed by atoms with Gasteiger partial charge in [-0.15, -0.1) is 0 Å². The van der Waals surface area contributed by atoms with Gasteiger partial charge in [0.05, 0.1) is 0 Å². The third-order valence-electron chi connectivity index (χ3n) is 3.84. The van der Waals surface area contributed by atoms with Gasteiger partial charge in [-0.3, -0.25) is 4.90 Å². The SMILES string of the molecule is Cc1cccc2c(C3CCCN3C)c[nH]c12. The molecule has 1 aliphatic heterocycles. The molecule has 2 aromatic rings. The molecule has 1 saturated heterocycles. The van der Waals surface area contributed by atoms with Crippen LogP contribution in [-0.2, 0) is 0 Å². The van der Waals surface area contributed by atoms with E-state index in [9.17, 15) is 0 Å². The van der Waals surface area contributed by atoms with Gasteiger partial charge in [0.25, 0.3) is 0 Å². The lowest BCUT2D eigenvalue weighted by Gasteiger charge is -2.18. The van der Waals surface area contributed by atoms with Crippen LogP contribution in [0.4, 0.5) is 0 Å². The lowest BCUT2D eigenvalue weighted by atomic mass is 10.0. The van der Waals surface area contributed by atoms with Crippen LogP contribution in [0.2, 0.25) is 0 Å². The Morgan fingerprint density at radius 3 is 3.00 bits per heavy atom. The molecule has 1 aliphatic rings. The highest BCUT2D eigenvalue weighted by atomic mass is 15.1. The van der Waals surface area contributed by atoms with Crippen molar-refractivity contribution in [3.8, 4) is 0 Å². The first-order valence-electron chi connectivity index (χ1n) is 6.04. The third-order valence-corrected chi connectivity index (χ3v) is 3.84. The molecule has 84 valence electrons. The first-order valence-corrected chi connectivity index (χ1v) is 6.04. The minimum atomic E-state index is 0.607. The number of para-hydroxylation sites is 1. The van der Waals surface area contributed by atoms with Crippen molar-refractivity contribution in [3.63, 3.8) is 0 Å². The van der Waals surface area contributed by atoms with E-state index < -0.39 is 0 Å². The number of nitrogens with one attached hydrogen (secondary N) is 1. The lowest BCUT2D eigenvalue weighted by molar-refractivity contribution is 0.319. The minimum Gasteiger partial charge on any atom is -0.361 e. The molecule has 1 aromatic carbocycles. The van der Waals surface area contributed by atoms with Gasteiger partial charge in [0.15, 0.2) is 0 Å². The first-order chi connectivity index (χ1) is 7.77. The number of benzene rings is 1. The fraction of sp³-hybridized carbons (Fsp3) is 0.429. The molecule has 16 heavy (non-hydrogen) atoms. The maximum atomic E-state index is 3.43. The van der Waals surface area contributed by atoms with E-state index >= 15 is 0 Å². The van der Waals surface area contributed by atoms with E-state index in [1.165, 1.54) is 41.4 Å². The monoisotopic (exact) mass is 214 g/mol. The molecule has 2 heterocycles. The maximum absolute atomic E-state index is 3.43. The summed E-state index contributed by atoms with van der Waals surface area (Å²) in [7, 11) is 2.23. The van der Waals surface area contributed by atoms with Gasteiger partial charge in [-0.25, -0.2) is 0 Å². The van der Waals surface area contributed by atoms with Crippen LogP contribution in [0, 0.1) is 6.92 Å². The molecule has 1 unspecified atom stereocenters. The van der Waals surface area contributed by atoms with Crippen LogP contribution in [0.25, 0.3) is 10.9 Å². The molecule has 0 saturated carbocycles. The molecule has 0 spiro atoms. The van der Waals surface area contributed by atoms with Gasteiger partial charge in [0, 0.05) is 23.1 Å². The van der Waals surface area contributed by atoms with E-state index in [2.05, 4.69) is 48.3 Å². The Morgan fingerprint density at radius 1 is 1.38 bits per heavy atom. The number of H-pyrrole nitrogens is 1. The maximum Gasteiger partial charge on any atom is 0.0487 e. The van der Waals surface area contributed by atoms with Gasteiger partial charge >= 0.3 is 0 Å². The summed E-state index contributed by atoms with van der Waals surface area (Å²) < 4.78 is 0. The van der Waals surface area contributed by atoms with Crippen molar-refractivity contribution in [1.82, 2.24) is 9.88 Å². The van der Waals surface area contributed by atoms with E-state index in [0.717, 1.165) is 0 Å². The third kappa shape index (κ3) is 1.37. The number of hydrogen-bond donors (Lipinski definition) is 1. The predicted molar refractivity (Wildman–Crippen MR) is 67.6 cm³/mol. The zero-order valence-corrected chi connectivity index (χ0v) is 9.96. The largest absolute Gasteiger partial charge is 0.361 e. The topological polar surface area (TPSA) is 19.0 Å². The zero-order chi connectivity index (χ0) is 11.1. The van der Waals surface area contributed by atoms with Crippen LogP contribution in [0.15, 0.2) is 24.4 Å². The molecule has 1 aromatic heterocycles. The normalized spacial score (nSPS) is 22.0. The van der Waals surface area contributed by atoms with Crippen molar-refractivity contribution < 1.29 is 0 Å². The van der Waals surface area contributed by atoms with Crippen LogP contribution in [0.5, 0.6) is 0 Å². The summed E-state index contributed by atoms with van der Waals surface area (Å²) in [6, 6.07) is 7.17. The van der Waals surface area contributed by atoms with E-state index in [4.69, 9.17) is 0 Å². The lowest BCUT2D eigenvalue weighted by Crippen LogP contribution is -2.17. The second kappa shape index (κ2) is 3.63. The Kier molecular flexibility index (Phi) is 2.25. The number of rotatable bonds is 1. The fourth-order valence-electron chi connectivity index (χ4n) is 2.91. The standard InChI is InChI=1S/C14H18N2/c1-10-5-3-6-11-12(9-15-14(10)11)13-7-4-8-16(13)2/h3,5-6,9,13,15H,4,7-8H2,1-2H3. The molecular weight excluding hydrogens is 196 g/mol. The summed E-state index contributed by atoms with van der Waals surface area (Å²) in [5.74, 6) is 0. The highest BCUT2D eigenvalue weighted by molar-refractivity contribution is 5.86. The highest BCUT2D eigenvalue weighted by Crippen LogP contribution is 2.35. The van der Waals surface area contributed by atoms with Crippen LogP contribution >= 0.6 is 0 Å². The number of likely N-dealkylation sites (tertiary alicyclic amines) is 1. The van der Waals surface area contributed by atoms with E-state index in [0.29, 0.717) is 6.04 Å². The summed E-state index contributed by atoms with van der Waals surface area (Å²) in [6.07, 6.45) is 4.81. The predicted octanol–water partition coefficient (Wildman–Crippen LogP) is 3.24. The second-order valence-electron chi connectivity index (χ2n) is 4.88. The van der Waals surface area contributed by atoms with Crippen molar-refractivity contribution in [2.24, 2.45) is 0 Å². The van der Waals surface area contributed by atoms with E-state index in [1.54, 1.807) is 0 Å². The molecule has 1 N–H and O–H groups in total. The number of aryl methyl sites for hydroxylation is 1. The van der Waals surface area contributed by atoms with Crippen molar-refractivity contribution in [3.05, 3.63) is 35.5 Å². The molecule has 2 heteroatoms. The summed E-state index contributed by atoms with van der Waals surface area (Å²) >= 11 is 0. The van der Waals surface area contributed by atoms with Gasteiger partial charge < -0.3 is 4.98 Å². The summed E-state index contributed by atoms with van der Waals surface area (Å²) in [5, 5.41) is 1.40. The van der Waals surface area contributed by atoms with Crippen LogP contribution < -0.4 is 0 Å². The Labute approximate surface area is 96.3 Å². The van der Waals surface area contributed by atoms with Gasteiger partial charge in [-0.2, -0.15) is 0 Å². The summed E-state index contributed by atoms with van der Waals surface area (Å²) in [5.41, 5.74) is 4.11. The molecule has 0 aliphatic carbocycles. The van der Waals surface area contributed by atoms with Crippen molar-refractivity contribution >= 4 is 10.9 Å². The van der Waals surface area contributed by atoms with Crippen LogP contribution in [0.3, 0.4) is 0 Å². The number of nitrogens with zero attached hydrogens (tertiary/aromatic N) is 1. The molecule has 0 amide bonds. The average Bonchev–Trinajstić information content (AvgIpc) is 2.84. The van der Waals surface area contributed by atoms with Crippen molar-refractivity contribution in [1.29, 1.82) is 0 Å². The molecule has 1 atom stereocenters. The summed E-state index contributed by atoms with van der Waals surface area (Å²) in [6.45, 7) is 3.39.